The Balaban J connectivity index is 1.24. The van der Waals surface area contributed by atoms with Crippen LogP contribution in [0.5, 0.6) is 0 Å². The molecule has 170 valence electrons. The molecule has 5 nitrogen and oxygen atoms in total. The maximum Gasteiger partial charge on any atom is 0.226 e. The van der Waals surface area contributed by atoms with Crippen LogP contribution in [0.2, 0.25) is 0 Å². The Morgan fingerprint density at radius 1 is 1.06 bits per heavy atom. The molecule has 0 aliphatic carbocycles. The van der Waals surface area contributed by atoms with Crippen LogP contribution in [0.15, 0.2) is 54.6 Å². The molecule has 1 atom stereocenters. The molecule has 2 aromatic carbocycles. The molecule has 0 saturated carbocycles. The molecule has 1 unspecified atom stereocenters. The van der Waals surface area contributed by atoms with Gasteiger partial charge in [-0.05, 0) is 54.9 Å². The molecule has 6 heteroatoms. The lowest BCUT2D eigenvalue weighted by atomic mass is 9.78. The lowest BCUT2D eigenvalue weighted by molar-refractivity contribution is -0.148. The molecule has 2 fully saturated rings. The second-order valence-electron chi connectivity index (χ2n) is 9.04. The maximum absolute atomic E-state index is 13.4. The van der Waals surface area contributed by atoms with E-state index in [1.165, 1.54) is 12.1 Å². The summed E-state index contributed by atoms with van der Waals surface area (Å²) in [5, 5.41) is 3.03. The highest BCUT2D eigenvalue weighted by atomic mass is 19.1. The predicted molar refractivity (Wildman–Crippen MR) is 120 cm³/mol. The third-order valence-electron chi connectivity index (χ3n) is 6.67. The van der Waals surface area contributed by atoms with Gasteiger partial charge in [-0.2, -0.15) is 0 Å². The van der Waals surface area contributed by atoms with Crippen LogP contribution in [0, 0.1) is 11.7 Å². The third kappa shape index (κ3) is 5.94. The van der Waals surface area contributed by atoms with Crippen LogP contribution in [-0.2, 0) is 27.3 Å². The van der Waals surface area contributed by atoms with E-state index in [1.54, 1.807) is 12.1 Å². The van der Waals surface area contributed by atoms with E-state index in [1.807, 2.05) is 35.2 Å². The van der Waals surface area contributed by atoms with Crippen LogP contribution in [0.4, 0.5) is 4.39 Å². The van der Waals surface area contributed by atoms with Gasteiger partial charge in [0, 0.05) is 32.7 Å². The molecule has 2 amide bonds. The number of likely N-dealkylation sites (tertiary alicyclic amines) is 1. The second kappa shape index (κ2) is 10.3. The van der Waals surface area contributed by atoms with E-state index in [2.05, 4.69) is 5.32 Å². The molecule has 0 radical (unpaired) electrons. The van der Waals surface area contributed by atoms with Gasteiger partial charge in [-0.25, -0.2) is 4.39 Å². The average molecular weight is 439 g/mol. The SMILES string of the molecule is O=C(CC1CCOC2(CCN(C(=O)Cc3cccc(F)c3)CC2)C1)NCc1ccccc1. The molecular formula is C26H31FN2O3. The second-order valence-corrected chi connectivity index (χ2v) is 9.04. The summed E-state index contributed by atoms with van der Waals surface area (Å²) >= 11 is 0. The fraction of sp³-hybridized carbons (Fsp3) is 0.462. The van der Waals surface area contributed by atoms with Crippen molar-refractivity contribution in [2.45, 2.75) is 50.7 Å². The summed E-state index contributed by atoms with van der Waals surface area (Å²) in [6.45, 7) is 2.49. The summed E-state index contributed by atoms with van der Waals surface area (Å²) in [5.41, 5.74) is 1.56. The number of piperidine rings is 1. The van der Waals surface area contributed by atoms with Crippen molar-refractivity contribution in [3.63, 3.8) is 0 Å². The Morgan fingerprint density at radius 2 is 1.81 bits per heavy atom. The number of hydrogen-bond donors (Lipinski definition) is 1. The highest BCUT2D eigenvalue weighted by molar-refractivity contribution is 5.79. The summed E-state index contributed by atoms with van der Waals surface area (Å²) in [6.07, 6.45) is 4.05. The van der Waals surface area contributed by atoms with Crippen LogP contribution < -0.4 is 5.32 Å². The number of ether oxygens (including phenoxy) is 1. The van der Waals surface area contributed by atoms with Crippen LogP contribution in [0.1, 0.15) is 43.2 Å². The summed E-state index contributed by atoms with van der Waals surface area (Å²) in [4.78, 5) is 27.0. The van der Waals surface area contributed by atoms with Gasteiger partial charge in [-0.3, -0.25) is 9.59 Å². The number of carbonyl (C=O) groups excluding carboxylic acids is 2. The first-order valence-corrected chi connectivity index (χ1v) is 11.5. The quantitative estimate of drug-likeness (QED) is 0.745. The number of halogens is 1. The van der Waals surface area contributed by atoms with Crippen LogP contribution in [0.25, 0.3) is 0 Å². The molecule has 4 rings (SSSR count). The van der Waals surface area contributed by atoms with Crippen molar-refractivity contribution in [1.82, 2.24) is 10.2 Å². The molecule has 2 aliphatic heterocycles. The monoisotopic (exact) mass is 438 g/mol. The van der Waals surface area contributed by atoms with E-state index >= 15 is 0 Å². The molecular weight excluding hydrogens is 407 g/mol. The normalized spacial score (nSPS) is 20.2. The van der Waals surface area contributed by atoms with Crippen molar-refractivity contribution in [3.8, 4) is 0 Å². The smallest absolute Gasteiger partial charge is 0.226 e. The first kappa shape index (κ1) is 22.5. The Labute approximate surface area is 188 Å². The van der Waals surface area contributed by atoms with Gasteiger partial charge in [-0.1, -0.05) is 42.5 Å². The summed E-state index contributed by atoms with van der Waals surface area (Å²) in [6, 6.07) is 16.1. The Kier molecular flexibility index (Phi) is 7.20. The highest BCUT2D eigenvalue weighted by Gasteiger charge is 2.41. The molecule has 2 aromatic rings. The molecule has 0 bridgehead atoms. The van der Waals surface area contributed by atoms with Gasteiger partial charge in [0.05, 0.1) is 12.0 Å². The van der Waals surface area contributed by atoms with Gasteiger partial charge in [0.1, 0.15) is 5.82 Å². The summed E-state index contributed by atoms with van der Waals surface area (Å²) < 4.78 is 19.6. The lowest BCUT2D eigenvalue weighted by Crippen LogP contribution is -2.51. The van der Waals surface area contributed by atoms with Crippen LogP contribution >= 0.6 is 0 Å². The minimum absolute atomic E-state index is 0.0260. The first-order valence-electron chi connectivity index (χ1n) is 11.5. The minimum Gasteiger partial charge on any atom is -0.375 e. The fourth-order valence-corrected chi connectivity index (χ4v) is 4.88. The van der Waals surface area contributed by atoms with Crippen molar-refractivity contribution in [3.05, 3.63) is 71.5 Å². The number of nitrogens with one attached hydrogen (secondary N) is 1. The van der Waals surface area contributed by atoms with Gasteiger partial charge in [0.25, 0.3) is 0 Å². The topological polar surface area (TPSA) is 58.6 Å². The number of carbonyl (C=O) groups is 2. The molecule has 2 saturated heterocycles. The number of hydrogen-bond acceptors (Lipinski definition) is 3. The summed E-state index contributed by atoms with van der Waals surface area (Å²) in [7, 11) is 0. The van der Waals surface area contributed by atoms with E-state index < -0.39 is 0 Å². The largest absolute Gasteiger partial charge is 0.375 e. The van der Waals surface area contributed by atoms with Crippen LogP contribution in [-0.4, -0.2) is 42.0 Å². The molecule has 2 heterocycles. The van der Waals surface area contributed by atoms with E-state index in [0.29, 0.717) is 44.1 Å². The standard InChI is InChI=1S/C26H31FN2O3/c27-23-8-4-7-21(15-23)17-25(31)29-12-10-26(11-13-29)18-22(9-14-32-26)16-24(30)28-19-20-5-2-1-3-6-20/h1-8,15,22H,9-14,16-19H2,(H,28,30). The van der Waals surface area contributed by atoms with E-state index in [9.17, 15) is 14.0 Å². The fourth-order valence-electron chi connectivity index (χ4n) is 4.88. The number of amides is 2. The number of rotatable bonds is 6. The molecule has 32 heavy (non-hydrogen) atoms. The van der Waals surface area contributed by atoms with E-state index in [0.717, 1.165) is 31.2 Å². The van der Waals surface area contributed by atoms with Crippen LogP contribution in [0.3, 0.4) is 0 Å². The highest BCUT2D eigenvalue weighted by Crippen LogP contribution is 2.38. The first-order chi connectivity index (χ1) is 15.5. The van der Waals surface area contributed by atoms with Crippen molar-refractivity contribution in [2.75, 3.05) is 19.7 Å². The Hall–Kier alpha value is -2.73. The molecule has 2 aliphatic rings. The van der Waals surface area contributed by atoms with Crippen molar-refractivity contribution in [1.29, 1.82) is 0 Å². The molecule has 1 N–H and O–H groups in total. The van der Waals surface area contributed by atoms with E-state index in [4.69, 9.17) is 4.74 Å². The van der Waals surface area contributed by atoms with E-state index in [-0.39, 0.29) is 29.7 Å². The molecule has 0 aromatic heterocycles. The number of nitrogens with zero attached hydrogens (tertiary/aromatic N) is 1. The van der Waals surface area contributed by atoms with Gasteiger partial charge >= 0.3 is 0 Å². The Morgan fingerprint density at radius 3 is 2.56 bits per heavy atom. The van der Waals surface area contributed by atoms with Crippen molar-refractivity contribution < 1.29 is 18.7 Å². The zero-order chi connectivity index (χ0) is 22.4. The summed E-state index contributed by atoms with van der Waals surface area (Å²) in [5.74, 6) is 0.0909. The minimum atomic E-state index is -0.317. The maximum atomic E-state index is 13.4. The third-order valence-corrected chi connectivity index (χ3v) is 6.67. The zero-order valence-electron chi connectivity index (χ0n) is 18.4. The van der Waals surface area contributed by atoms with Gasteiger partial charge in [-0.15, -0.1) is 0 Å². The molecule has 1 spiro atoms. The van der Waals surface area contributed by atoms with Gasteiger partial charge < -0.3 is 15.0 Å². The van der Waals surface area contributed by atoms with Gasteiger partial charge in [0.2, 0.25) is 11.8 Å². The van der Waals surface area contributed by atoms with Gasteiger partial charge in [0.15, 0.2) is 0 Å². The lowest BCUT2D eigenvalue weighted by Gasteiger charge is -2.46. The van der Waals surface area contributed by atoms with Crippen molar-refractivity contribution >= 4 is 11.8 Å². The number of benzene rings is 2. The predicted octanol–water partition coefficient (Wildman–Crippen LogP) is 3.86. The zero-order valence-corrected chi connectivity index (χ0v) is 18.4. The average Bonchev–Trinajstić information content (AvgIpc) is 2.79. The van der Waals surface area contributed by atoms with Crippen molar-refractivity contribution in [2.24, 2.45) is 5.92 Å². The Bertz CT molecular complexity index is 926.